The number of amides is 1. The number of fused-ring (bicyclic) bond motifs is 2. The summed E-state index contributed by atoms with van der Waals surface area (Å²) in [6, 6.07) is 17.0. The number of hydrogen-bond donors (Lipinski definition) is 0. The smallest absolute Gasteiger partial charge is 0.262 e. The first-order valence-corrected chi connectivity index (χ1v) is 10.9. The van der Waals surface area contributed by atoms with Gasteiger partial charge in [0.15, 0.2) is 0 Å². The number of carbonyl (C=O) groups excluding carboxylic acids is 1. The summed E-state index contributed by atoms with van der Waals surface area (Å²) in [7, 11) is 0. The van der Waals surface area contributed by atoms with Gasteiger partial charge >= 0.3 is 0 Å². The molecule has 1 aliphatic heterocycles. The SMILES string of the molecule is Cc1sc2ncn(CC(=O)N3c4ccccc4OC[C@H]3c3ccccc3)c(=O)c2c1C. The minimum Gasteiger partial charge on any atom is -0.489 e. The van der Waals surface area contributed by atoms with Crippen LogP contribution in [0.2, 0.25) is 0 Å². The molecule has 0 radical (unpaired) electrons. The predicted molar refractivity (Wildman–Crippen MR) is 122 cm³/mol. The molecule has 5 rings (SSSR count). The summed E-state index contributed by atoms with van der Waals surface area (Å²) in [5, 5.41) is 0.597. The Balaban J connectivity index is 1.56. The molecule has 0 saturated carbocycles. The zero-order chi connectivity index (χ0) is 21.5. The number of ether oxygens (including phenoxy) is 1. The molecule has 0 aliphatic carbocycles. The molecular weight excluding hydrogens is 410 g/mol. The largest absolute Gasteiger partial charge is 0.489 e. The van der Waals surface area contributed by atoms with Crippen LogP contribution in [-0.2, 0) is 11.3 Å². The molecule has 3 heterocycles. The van der Waals surface area contributed by atoms with E-state index in [0.717, 1.165) is 16.0 Å². The Morgan fingerprint density at radius 1 is 1.13 bits per heavy atom. The normalized spacial score (nSPS) is 15.5. The van der Waals surface area contributed by atoms with E-state index in [1.807, 2.05) is 68.4 Å². The van der Waals surface area contributed by atoms with Gasteiger partial charge in [0, 0.05) is 4.88 Å². The second kappa shape index (κ2) is 7.67. The van der Waals surface area contributed by atoms with E-state index >= 15 is 0 Å². The lowest BCUT2D eigenvalue weighted by molar-refractivity contribution is -0.120. The van der Waals surface area contributed by atoms with E-state index in [2.05, 4.69) is 4.98 Å². The van der Waals surface area contributed by atoms with Crippen LogP contribution in [-0.4, -0.2) is 22.1 Å². The topological polar surface area (TPSA) is 64.4 Å². The number of hydrogen-bond acceptors (Lipinski definition) is 5. The third-order valence-corrected chi connectivity index (χ3v) is 6.86. The average molecular weight is 432 g/mol. The van der Waals surface area contributed by atoms with Crippen molar-refractivity contribution in [2.45, 2.75) is 26.4 Å². The van der Waals surface area contributed by atoms with Gasteiger partial charge in [0.1, 0.15) is 23.7 Å². The first-order valence-electron chi connectivity index (χ1n) is 10.1. The maximum absolute atomic E-state index is 13.6. The summed E-state index contributed by atoms with van der Waals surface area (Å²) in [5.74, 6) is 0.478. The Bertz CT molecular complexity index is 1340. The Hall–Kier alpha value is -3.45. The number of rotatable bonds is 3. The summed E-state index contributed by atoms with van der Waals surface area (Å²) < 4.78 is 7.35. The van der Waals surface area contributed by atoms with E-state index in [0.29, 0.717) is 28.3 Å². The van der Waals surface area contributed by atoms with Gasteiger partial charge in [0.25, 0.3) is 5.56 Å². The molecule has 1 aliphatic rings. The van der Waals surface area contributed by atoms with Gasteiger partial charge in [0.2, 0.25) is 5.91 Å². The number of thiophene rings is 1. The molecule has 0 unspecified atom stereocenters. The lowest BCUT2D eigenvalue weighted by Crippen LogP contribution is -2.43. The van der Waals surface area contributed by atoms with Crippen molar-refractivity contribution in [3.63, 3.8) is 0 Å². The summed E-state index contributed by atoms with van der Waals surface area (Å²) in [4.78, 5) is 34.6. The van der Waals surface area contributed by atoms with Crippen molar-refractivity contribution >= 4 is 33.1 Å². The standard InChI is InChI=1S/C24H21N3O3S/c1-15-16(2)31-23-22(15)24(29)26(14-25-23)12-21(28)27-18-10-6-7-11-20(18)30-13-19(27)17-8-4-3-5-9-17/h3-11,14,19H,12-13H2,1-2H3/t19-/m0/s1. The zero-order valence-electron chi connectivity index (χ0n) is 17.2. The van der Waals surface area contributed by atoms with Crippen LogP contribution in [0.1, 0.15) is 22.0 Å². The van der Waals surface area contributed by atoms with Crippen LogP contribution in [0.3, 0.4) is 0 Å². The average Bonchev–Trinajstić information content (AvgIpc) is 3.09. The number of para-hydroxylation sites is 2. The van der Waals surface area contributed by atoms with Gasteiger partial charge in [-0.3, -0.25) is 19.1 Å². The molecule has 2 aromatic carbocycles. The van der Waals surface area contributed by atoms with Crippen LogP contribution in [0.15, 0.2) is 65.7 Å². The molecule has 4 aromatic rings. The number of carbonyl (C=O) groups is 1. The maximum atomic E-state index is 13.6. The van der Waals surface area contributed by atoms with Gasteiger partial charge < -0.3 is 4.74 Å². The number of benzene rings is 2. The van der Waals surface area contributed by atoms with Crippen LogP contribution in [0, 0.1) is 13.8 Å². The number of anilines is 1. The third-order valence-electron chi connectivity index (χ3n) is 5.75. The maximum Gasteiger partial charge on any atom is 0.262 e. The Morgan fingerprint density at radius 2 is 1.87 bits per heavy atom. The first-order chi connectivity index (χ1) is 15.0. The lowest BCUT2D eigenvalue weighted by atomic mass is 10.0. The molecule has 7 heteroatoms. The van der Waals surface area contributed by atoms with Gasteiger partial charge in [-0.15, -0.1) is 11.3 Å². The predicted octanol–water partition coefficient (Wildman–Crippen LogP) is 4.24. The Morgan fingerprint density at radius 3 is 2.68 bits per heavy atom. The summed E-state index contributed by atoms with van der Waals surface area (Å²) in [5.41, 5.74) is 2.43. The zero-order valence-corrected chi connectivity index (χ0v) is 18.1. The van der Waals surface area contributed by atoms with E-state index in [1.54, 1.807) is 4.90 Å². The number of nitrogens with zero attached hydrogens (tertiary/aromatic N) is 3. The van der Waals surface area contributed by atoms with Gasteiger partial charge in [-0.2, -0.15) is 0 Å². The molecule has 156 valence electrons. The quantitative estimate of drug-likeness (QED) is 0.487. The van der Waals surface area contributed by atoms with E-state index in [9.17, 15) is 9.59 Å². The fourth-order valence-electron chi connectivity index (χ4n) is 4.02. The number of aryl methyl sites for hydroxylation is 2. The van der Waals surface area contributed by atoms with E-state index in [1.165, 1.54) is 22.2 Å². The van der Waals surface area contributed by atoms with Crippen LogP contribution < -0.4 is 15.2 Å². The van der Waals surface area contributed by atoms with Crippen molar-refractivity contribution in [2.24, 2.45) is 0 Å². The second-order valence-corrected chi connectivity index (χ2v) is 8.81. The fourth-order valence-corrected chi connectivity index (χ4v) is 5.01. The molecule has 31 heavy (non-hydrogen) atoms. The highest BCUT2D eigenvalue weighted by Crippen LogP contribution is 2.39. The van der Waals surface area contributed by atoms with Crippen LogP contribution in [0.4, 0.5) is 5.69 Å². The minimum atomic E-state index is -0.277. The van der Waals surface area contributed by atoms with Crippen molar-refractivity contribution in [3.8, 4) is 5.75 Å². The Kier molecular flexibility index (Phi) is 4.82. The lowest BCUT2D eigenvalue weighted by Gasteiger charge is -2.37. The first kappa shape index (κ1) is 19.5. The van der Waals surface area contributed by atoms with E-state index in [4.69, 9.17) is 4.74 Å². The number of aromatic nitrogens is 2. The molecule has 0 bridgehead atoms. The van der Waals surface area contributed by atoms with Crippen LogP contribution in [0.25, 0.3) is 10.2 Å². The summed E-state index contributed by atoms with van der Waals surface area (Å²) in [6.07, 6.45) is 1.47. The highest BCUT2D eigenvalue weighted by Gasteiger charge is 2.33. The van der Waals surface area contributed by atoms with Crippen molar-refractivity contribution in [1.82, 2.24) is 9.55 Å². The minimum absolute atomic E-state index is 0.0895. The third kappa shape index (κ3) is 3.31. The van der Waals surface area contributed by atoms with Crippen molar-refractivity contribution in [3.05, 3.63) is 87.3 Å². The van der Waals surface area contributed by atoms with Crippen LogP contribution in [0.5, 0.6) is 5.75 Å². The molecule has 0 spiro atoms. The summed E-state index contributed by atoms with van der Waals surface area (Å²) >= 11 is 1.50. The van der Waals surface area contributed by atoms with Gasteiger partial charge in [-0.1, -0.05) is 42.5 Å². The highest BCUT2D eigenvalue weighted by atomic mass is 32.1. The molecular formula is C24H21N3O3S. The molecule has 1 atom stereocenters. The van der Waals surface area contributed by atoms with Crippen molar-refractivity contribution in [1.29, 1.82) is 0 Å². The molecule has 2 aromatic heterocycles. The van der Waals surface area contributed by atoms with Crippen LogP contribution >= 0.6 is 11.3 Å². The van der Waals surface area contributed by atoms with Gasteiger partial charge in [0.05, 0.1) is 23.4 Å². The van der Waals surface area contributed by atoms with E-state index in [-0.39, 0.29) is 24.1 Å². The highest BCUT2D eigenvalue weighted by molar-refractivity contribution is 7.18. The van der Waals surface area contributed by atoms with Gasteiger partial charge in [-0.05, 0) is 37.1 Å². The van der Waals surface area contributed by atoms with Gasteiger partial charge in [-0.25, -0.2) is 4.98 Å². The Labute approximate surface area is 183 Å². The molecule has 0 fully saturated rings. The van der Waals surface area contributed by atoms with E-state index < -0.39 is 0 Å². The summed E-state index contributed by atoms with van der Waals surface area (Å²) in [6.45, 7) is 4.16. The second-order valence-electron chi connectivity index (χ2n) is 7.61. The monoisotopic (exact) mass is 431 g/mol. The molecule has 6 nitrogen and oxygen atoms in total. The molecule has 1 amide bonds. The van der Waals surface area contributed by atoms with Crippen molar-refractivity contribution in [2.75, 3.05) is 11.5 Å². The molecule has 0 N–H and O–H groups in total. The fraction of sp³-hybridized carbons (Fsp3) is 0.208. The molecule has 0 saturated heterocycles. The van der Waals surface area contributed by atoms with Crippen molar-refractivity contribution < 1.29 is 9.53 Å².